The Kier molecular flexibility index (Phi) is 3.60. The van der Waals surface area contributed by atoms with Crippen molar-refractivity contribution in [1.29, 1.82) is 0 Å². The number of ether oxygens (including phenoxy) is 2. The third kappa shape index (κ3) is 1.91. The van der Waals surface area contributed by atoms with Gasteiger partial charge in [0.2, 0.25) is 0 Å². The highest BCUT2D eigenvalue weighted by Crippen LogP contribution is 2.56. The fraction of sp³-hybridized carbons (Fsp3) is 0.857. The first-order valence-electron chi connectivity index (χ1n) is 6.69. The van der Waals surface area contributed by atoms with Crippen LogP contribution in [-0.2, 0) is 19.1 Å². The molecule has 4 heteroatoms. The lowest BCUT2D eigenvalue weighted by molar-refractivity contribution is -0.217. The summed E-state index contributed by atoms with van der Waals surface area (Å²) in [5.74, 6) is -0.239. The monoisotopic (exact) mass is 254 g/mol. The number of hydrogen-bond donors (Lipinski definition) is 0. The minimum atomic E-state index is -0.746. The number of Topliss-reactive ketones (excluding diaryl/α,β-unsaturated/α-hetero) is 1. The van der Waals surface area contributed by atoms with E-state index < -0.39 is 11.2 Å². The zero-order valence-electron chi connectivity index (χ0n) is 11.4. The molecule has 1 aliphatic carbocycles. The van der Waals surface area contributed by atoms with Crippen molar-refractivity contribution in [2.24, 2.45) is 17.3 Å². The molecule has 1 spiro atoms. The van der Waals surface area contributed by atoms with Crippen LogP contribution in [0.25, 0.3) is 0 Å². The Hall–Kier alpha value is -0.740. The molecular weight excluding hydrogens is 232 g/mol. The standard InChI is InChI=1S/C14H22O4/c1-10(8-11(2)16)12-4-5-14(13(12,3)9-15)17-6-7-18-14/h9-10,12H,4-8H2,1-3H3/t10-,12+,13+/m1/s1. The summed E-state index contributed by atoms with van der Waals surface area (Å²) in [5.41, 5.74) is -0.641. The summed E-state index contributed by atoms with van der Waals surface area (Å²) in [7, 11) is 0. The summed E-state index contributed by atoms with van der Waals surface area (Å²) in [5, 5.41) is 0. The molecule has 0 radical (unpaired) electrons. The molecule has 0 aromatic rings. The lowest BCUT2D eigenvalue weighted by Crippen LogP contribution is -2.48. The molecule has 0 N–H and O–H groups in total. The minimum Gasteiger partial charge on any atom is -0.347 e. The van der Waals surface area contributed by atoms with Crippen molar-refractivity contribution in [2.75, 3.05) is 13.2 Å². The molecule has 0 aromatic carbocycles. The second kappa shape index (κ2) is 4.74. The van der Waals surface area contributed by atoms with E-state index in [-0.39, 0.29) is 17.6 Å². The predicted octanol–water partition coefficient (Wildman–Crippen LogP) is 1.96. The Morgan fingerprint density at radius 1 is 1.44 bits per heavy atom. The van der Waals surface area contributed by atoms with E-state index in [9.17, 15) is 9.59 Å². The van der Waals surface area contributed by atoms with Gasteiger partial charge < -0.3 is 19.1 Å². The van der Waals surface area contributed by atoms with Crippen LogP contribution < -0.4 is 0 Å². The van der Waals surface area contributed by atoms with Crippen LogP contribution in [0.4, 0.5) is 0 Å². The van der Waals surface area contributed by atoms with Gasteiger partial charge in [-0.1, -0.05) is 6.92 Å². The fourth-order valence-electron chi connectivity index (χ4n) is 3.76. The van der Waals surface area contributed by atoms with Gasteiger partial charge in [0.1, 0.15) is 12.1 Å². The van der Waals surface area contributed by atoms with E-state index in [1.165, 1.54) is 0 Å². The highest BCUT2D eigenvalue weighted by Gasteiger charge is 2.62. The van der Waals surface area contributed by atoms with E-state index in [0.29, 0.717) is 19.6 Å². The van der Waals surface area contributed by atoms with Gasteiger partial charge >= 0.3 is 0 Å². The first-order chi connectivity index (χ1) is 8.45. The van der Waals surface area contributed by atoms with Gasteiger partial charge in [-0.3, -0.25) is 0 Å². The maximum atomic E-state index is 11.6. The molecule has 4 nitrogen and oxygen atoms in total. The van der Waals surface area contributed by atoms with Crippen LogP contribution in [0.3, 0.4) is 0 Å². The summed E-state index contributed by atoms with van der Waals surface area (Å²) < 4.78 is 11.5. The summed E-state index contributed by atoms with van der Waals surface area (Å²) in [6.07, 6.45) is 3.12. The van der Waals surface area contributed by atoms with Gasteiger partial charge in [-0.25, -0.2) is 0 Å². The lowest BCUT2D eigenvalue weighted by Gasteiger charge is -2.39. The summed E-state index contributed by atoms with van der Waals surface area (Å²) in [6, 6.07) is 0. The number of carbonyl (C=O) groups is 2. The third-order valence-electron chi connectivity index (χ3n) is 4.67. The van der Waals surface area contributed by atoms with Crippen molar-refractivity contribution in [1.82, 2.24) is 0 Å². The van der Waals surface area contributed by atoms with Crippen molar-refractivity contribution in [2.45, 2.75) is 45.8 Å². The minimum absolute atomic E-state index is 0.150. The second-order valence-corrected chi connectivity index (χ2v) is 5.88. The molecule has 0 bridgehead atoms. The molecule has 1 heterocycles. The quantitative estimate of drug-likeness (QED) is 0.720. The number of ketones is 1. The van der Waals surface area contributed by atoms with Gasteiger partial charge in [0.05, 0.1) is 18.6 Å². The molecule has 1 saturated heterocycles. The summed E-state index contributed by atoms with van der Waals surface area (Å²) >= 11 is 0. The molecular formula is C14H22O4. The number of rotatable bonds is 4. The molecule has 2 aliphatic rings. The smallest absolute Gasteiger partial charge is 0.180 e. The number of aldehydes is 1. The van der Waals surface area contributed by atoms with Crippen molar-refractivity contribution in [3.05, 3.63) is 0 Å². The Bertz CT molecular complexity index is 346. The molecule has 2 rings (SSSR count). The molecule has 102 valence electrons. The summed E-state index contributed by atoms with van der Waals surface area (Å²) in [6.45, 7) is 6.66. The average Bonchev–Trinajstić information content (AvgIpc) is 2.87. The van der Waals surface area contributed by atoms with E-state index in [4.69, 9.17) is 9.47 Å². The van der Waals surface area contributed by atoms with Crippen molar-refractivity contribution < 1.29 is 19.1 Å². The zero-order valence-corrected chi connectivity index (χ0v) is 11.4. The van der Waals surface area contributed by atoms with Gasteiger partial charge in [0.25, 0.3) is 0 Å². The molecule has 0 amide bonds. The SMILES string of the molecule is CC(=O)C[C@@H](C)[C@@H]1CCC2(OCCO2)[C@@]1(C)C=O. The zero-order chi connectivity index (χ0) is 13.4. The van der Waals surface area contributed by atoms with Crippen LogP contribution >= 0.6 is 0 Å². The van der Waals surface area contributed by atoms with Crippen molar-refractivity contribution in [3.8, 4) is 0 Å². The first kappa shape index (κ1) is 13.7. The normalized spacial score (nSPS) is 35.8. The van der Waals surface area contributed by atoms with Crippen LogP contribution in [0.15, 0.2) is 0 Å². The topological polar surface area (TPSA) is 52.6 Å². The molecule has 18 heavy (non-hydrogen) atoms. The van der Waals surface area contributed by atoms with E-state index in [0.717, 1.165) is 19.1 Å². The van der Waals surface area contributed by atoms with E-state index in [2.05, 4.69) is 0 Å². The van der Waals surface area contributed by atoms with Crippen LogP contribution in [0.2, 0.25) is 0 Å². The maximum Gasteiger partial charge on any atom is 0.180 e. The van der Waals surface area contributed by atoms with Crippen LogP contribution in [0.5, 0.6) is 0 Å². The van der Waals surface area contributed by atoms with Crippen LogP contribution in [0, 0.1) is 17.3 Å². The van der Waals surface area contributed by atoms with Crippen LogP contribution in [-0.4, -0.2) is 31.1 Å². The van der Waals surface area contributed by atoms with E-state index >= 15 is 0 Å². The Morgan fingerprint density at radius 3 is 2.56 bits per heavy atom. The third-order valence-corrected chi connectivity index (χ3v) is 4.67. The summed E-state index contributed by atoms with van der Waals surface area (Å²) in [4.78, 5) is 22.9. The van der Waals surface area contributed by atoms with E-state index in [1.54, 1.807) is 6.92 Å². The largest absolute Gasteiger partial charge is 0.347 e. The van der Waals surface area contributed by atoms with Gasteiger partial charge in [0, 0.05) is 12.8 Å². The average molecular weight is 254 g/mol. The molecule has 3 atom stereocenters. The Labute approximate surface area is 108 Å². The van der Waals surface area contributed by atoms with Gasteiger partial charge in [-0.2, -0.15) is 0 Å². The van der Waals surface area contributed by atoms with Gasteiger partial charge in [0.15, 0.2) is 5.79 Å². The highest BCUT2D eigenvalue weighted by molar-refractivity contribution is 5.75. The second-order valence-electron chi connectivity index (χ2n) is 5.88. The number of carbonyl (C=O) groups excluding carboxylic acids is 2. The molecule has 0 aromatic heterocycles. The molecule has 1 aliphatic heterocycles. The van der Waals surface area contributed by atoms with Gasteiger partial charge in [-0.15, -0.1) is 0 Å². The van der Waals surface area contributed by atoms with E-state index in [1.807, 2.05) is 13.8 Å². The van der Waals surface area contributed by atoms with Crippen LogP contribution in [0.1, 0.15) is 40.0 Å². The molecule has 2 fully saturated rings. The van der Waals surface area contributed by atoms with Crippen molar-refractivity contribution in [3.63, 3.8) is 0 Å². The first-order valence-corrected chi connectivity index (χ1v) is 6.69. The van der Waals surface area contributed by atoms with Gasteiger partial charge in [-0.05, 0) is 32.1 Å². The predicted molar refractivity (Wildman–Crippen MR) is 66.0 cm³/mol. The lowest BCUT2D eigenvalue weighted by atomic mass is 9.71. The number of hydrogen-bond acceptors (Lipinski definition) is 4. The van der Waals surface area contributed by atoms with Crippen molar-refractivity contribution >= 4 is 12.1 Å². The Morgan fingerprint density at radius 2 is 2.06 bits per heavy atom. The molecule has 1 saturated carbocycles. The Balaban J connectivity index is 2.22. The highest BCUT2D eigenvalue weighted by atomic mass is 16.7. The molecule has 0 unspecified atom stereocenters. The maximum absolute atomic E-state index is 11.6. The fourth-order valence-corrected chi connectivity index (χ4v) is 3.76.